The van der Waals surface area contributed by atoms with Crippen molar-refractivity contribution < 1.29 is 41.2 Å². The van der Waals surface area contributed by atoms with Crippen LogP contribution in [0, 0.1) is 4.78 Å². The summed E-state index contributed by atoms with van der Waals surface area (Å²) < 4.78 is 76.3. The van der Waals surface area contributed by atoms with Crippen molar-refractivity contribution in [3.63, 3.8) is 0 Å². The standard InChI is InChI=1S/C22H34F3N3O6S/c1-20(2,3)33-18(29)15(28-19(30)34-21(4,5)6)10-13-35(26,31)14-11-16(22(23,24)25)32-17-9-7-8-12-27-17/h7-9,12,15-16,26H,10-11,13-14H2,1-6H3,(H,28,30)/t15-,16?,35?/m0/s1. The molecular formula is C22H34F3N3O6S. The van der Waals surface area contributed by atoms with Gasteiger partial charge in [-0.2, -0.15) is 13.2 Å². The lowest BCUT2D eigenvalue weighted by Gasteiger charge is -2.26. The number of carbonyl (C=O) groups excluding carboxylic acids is 2. The fourth-order valence-corrected chi connectivity index (χ4v) is 4.05. The van der Waals surface area contributed by atoms with E-state index in [1.54, 1.807) is 41.5 Å². The molecule has 0 radical (unpaired) electrons. The Labute approximate surface area is 204 Å². The first kappa shape index (κ1) is 30.5. The molecule has 0 aliphatic heterocycles. The lowest BCUT2D eigenvalue weighted by atomic mass is 10.1. The van der Waals surface area contributed by atoms with E-state index in [2.05, 4.69) is 10.3 Å². The number of rotatable bonds is 10. The van der Waals surface area contributed by atoms with Crippen molar-refractivity contribution in [2.24, 2.45) is 0 Å². The Bertz CT molecular complexity index is 942. The lowest BCUT2D eigenvalue weighted by Crippen LogP contribution is -2.46. The summed E-state index contributed by atoms with van der Waals surface area (Å²) in [4.78, 5) is 28.4. The summed E-state index contributed by atoms with van der Waals surface area (Å²) in [6, 6.07) is 2.92. The quantitative estimate of drug-likeness (QED) is 0.432. The lowest BCUT2D eigenvalue weighted by molar-refractivity contribution is -0.196. The van der Waals surface area contributed by atoms with Crippen LogP contribution in [0.2, 0.25) is 0 Å². The molecule has 1 aromatic rings. The van der Waals surface area contributed by atoms with E-state index in [0.717, 1.165) is 0 Å². The van der Waals surface area contributed by atoms with Crippen LogP contribution in [0.3, 0.4) is 0 Å². The van der Waals surface area contributed by atoms with Gasteiger partial charge in [-0.15, -0.1) is 0 Å². The molecule has 2 N–H and O–H groups in total. The van der Waals surface area contributed by atoms with Crippen LogP contribution in [-0.2, 0) is 24.0 Å². The smallest absolute Gasteiger partial charge is 0.425 e. The van der Waals surface area contributed by atoms with E-state index in [1.807, 2.05) is 0 Å². The Morgan fingerprint density at radius 2 is 1.60 bits per heavy atom. The maximum atomic E-state index is 13.4. The maximum absolute atomic E-state index is 13.4. The van der Waals surface area contributed by atoms with Crippen molar-refractivity contribution in [1.82, 2.24) is 10.3 Å². The predicted molar refractivity (Wildman–Crippen MR) is 124 cm³/mol. The van der Waals surface area contributed by atoms with E-state index in [1.165, 1.54) is 24.4 Å². The number of aromatic nitrogens is 1. The second-order valence-corrected chi connectivity index (χ2v) is 12.3. The molecule has 0 aliphatic rings. The van der Waals surface area contributed by atoms with Gasteiger partial charge in [0.05, 0.1) is 0 Å². The summed E-state index contributed by atoms with van der Waals surface area (Å²) in [5, 5.41) is 2.33. The minimum Gasteiger partial charge on any atom is -0.465 e. The summed E-state index contributed by atoms with van der Waals surface area (Å²) in [7, 11) is -3.57. The van der Waals surface area contributed by atoms with Crippen LogP contribution in [0.25, 0.3) is 0 Å². The van der Waals surface area contributed by atoms with Gasteiger partial charge in [-0.05, 0) is 54.0 Å². The molecule has 200 valence electrons. The molecule has 0 bridgehead atoms. The molecular weight excluding hydrogens is 491 g/mol. The molecule has 1 amide bonds. The number of nitrogens with zero attached hydrogens (tertiary/aromatic N) is 1. The van der Waals surface area contributed by atoms with Crippen LogP contribution in [0.5, 0.6) is 5.88 Å². The Kier molecular flexibility index (Phi) is 10.4. The Morgan fingerprint density at radius 1 is 1.03 bits per heavy atom. The van der Waals surface area contributed by atoms with Gasteiger partial charge in [-0.25, -0.2) is 18.8 Å². The van der Waals surface area contributed by atoms with E-state index in [-0.39, 0.29) is 12.3 Å². The normalized spacial score (nSPS) is 15.9. The van der Waals surface area contributed by atoms with Crippen molar-refractivity contribution >= 4 is 21.8 Å². The Balaban J connectivity index is 2.87. The molecule has 3 atom stereocenters. The van der Waals surface area contributed by atoms with Crippen LogP contribution >= 0.6 is 0 Å². The number of carbonyl (C=O) groups is 2. The van der Waals surface area contributed by atoms with Gasteiger partial charge >= 0.3 is 18.2 Å². The molecule has 0 fully saturated rings. The number of alkyl carbamates (subject to hydrolysis) is 1. The van der Waals surface area contributed by atoms with E-state index in [9.17, 15) is 27.0 Å². The van der Waals surface area contributed by atoms with Gasteiger partial charge in [0, 0.05) is 39.9 Å². The summed E-state index contributed by atoms with van der Waals surface area (Å²) >= 11 is 0. The maximum Gasteiger partial charge on any atom is 0.425 e. The Morgan fingerprint density at radius 3 is 2.09 bits per heavy atom. The molecule has 0 aliphatic carbocycles. The third-order valence-corrected chi connectivity index (χ3v) is 5.88. The van der Waals surface area contributed by atoms with Crippen molar-refractivity contribution in [1.29, 1.82) is 4.78 Å². The highest BCUT2D eigenvalue weighted by Gasteiger charge is 2.42. The molecule has 1 aromatic heterocycles. The fourth-order valence-electron chi connectivity index (χ4n) is 2.63. The number of amides is 1. The summed E-state index contributed by atoms with van der Waals surface area (Å²) in [6.45, 7) is 9.70. The SMILES string of the molecule is CC(C)(C)OC(=O)N[C@@H](CCS(=N)(=O)CCC(Oc1ccccn1)C(F)(F)F)C(=O)OC(C)(C)C. The zero-order valence-corrected chi connectivity index (χ0v) is 21.5. The monoisotopic (exact) mass is 525 g/mol. The van der Waals surface area contributed by atoms with E-state index < -0.39 is 69.2 Å². The largest absolute Gasteiger partial charge is 0.465 e. The number of ether oxygens (including phenoxy) is 3. The zero-order valence-electron chi connectivity index (χ0n) is 20.7. The molecule has 0 spiro atoms. The van der Waals surface area contributed by atoms with Gasteiger partial charge in [0.1, 0.15) is 17.2 Å². The molecule has 2 unspecified atom stereocenters. The van der Waals surface area contributed by atoms with Gasteiger partial charge in [0.25, 0.3) is 0 Å². The van der Waals surface area contributed by atoms with Gasteiger partial charge in [0.15, 0.2) is 6.10 Å². The number of nitrogens with one attached hydrogen (secondary N) is 2. The topological polar surface area (TPSA) is 128 Å². The second-order valence-electron chi connectivity index (χ2n) is 9.85. The van der Waals surface area contributed by atoms with Crippen LogP contribution in [0.15, 0.2) is 24.4 Å². The molecule has 1 rings (SSSR count). The van der Waals surface area contributed by atoms with Crippen molar-refractivity contribution in [3.05, 3.63) is 24.4 Å². The number of halogens is 3. The number of pyridine rings is 1. The van der Waals surface area contributed by atoms with E-state index >= 15 is 0 Å². The minimum atomic E-state index is -4.77. The number of hydrogen-bond donors (Lipinski definition) is 2. The highest BCUT2D eigenvalue weighted by Crippen LogP contribution is 2.27. The summed E-state index contributed by atoms with van der Waals surface area (Å²) in [5.41, 5.74) is -1.75. The summed E-state index contributed by atoms with van der Waals surface area (Å²) in [5.74, 6) is -2.19. The molecule has 35 heavy (non-hydrogen) atoms. The van der Waals surface area contributed by atoms with Crippen LogP contribution in [0.1, 0.15) is 54.4 Å². The van der Waals surface area contributed by atoms with E-state index in [4.69, 9.17) is 19.0 Å². The molecule has 0 aromatic carbocycles. The first-order chi connectivity index (χ1) is 15.8. The molecule has 1 heterocycles. The van der Waals surface area contributed by atoms with Gasteiger partial charge in [0.2, 0.25) is 5.88 Å². The number of hydrogen-bond acceptors (Lipinski definition) is 8. The predicted octanol–water partition coefficient (Wildman–Crippen LogP) is 4.45. The van der Waals surface area contributed by atoms with Crippen LogP contribution in [0.4, 0.5) is 18.0 Å². The Hall–Kier alpha value is -2.57. The summed E-state index contributed by atoms with van der Waals surface area (Å²) in [6.07, 6.45) is -7.79. The van der Waals surface area contributed by atoms with Gasteiger partial charge < -0.3 is 19.5 Å². The average molecular weight is 526 g/mol. The molecule has 13 heteroatoms. The average Bonchev–Trinajstić information content (AvgIpc) is 2.65. The fraction of sp³-hybridized carbons (Fsp3) is 0.682. The molecule has 0 saturated heterocycles. The first-order valence-electron chi connectivity index (χ1n) is 10.9. The van der Waals surface area contributed by atoms with Crippen LogP contribution < -0.4 is 10.1 Å². The molecule has 0 saturated carbocycles. The third kappa shape index (κ3) is 13.2. The first-order valence-corrected chi connectivity index (χ1v) is 12.8. The van der Waals surface area contributed by atoms with E-state index in [0.29, 0.717) is 0 Å². The third-order valence-electron chi connectivity index (χ3n) is 4.09. The molecule has 9 nitrogen and oxygen atoms in total. The number of esters is 1. The minimum absolute atomic E-state index is 0.252. The van der Waals surface area contributed by atoms with Crippen molar-refractivity contribution in [3.8, 4) is 5.88 Å². The second kappa shape index (κ2) is 11.9. The van der Waals surface area contributed by atoms with Gasteiger partial charge in [-0.3, -0.25) is 4.78 Å². The van der Waals surface area contributed by atoms with Crippen LogP contribution in [-0.4, -0.2) is 62.3 Å². The van der Waals surface area contributed by atoms with Gasteiger partial charge in [-0.1, -0.05) is 6.07 Å². The highest BCUT2D eigenvalue weighted by molar-refractivity contribution is 7.92. The highest BCUT2D eigenvalue weighted by atomic mass is 32.2. The number of alkyl halides is 3. The zero-order chi connectivity index (χ0) is 27.1. The van der Waals surface area contributed by atoms with Crippen molar-refractivity contribution in [2.45, 2.75) is 83.9 Å². The van der Waals surface area contributed by atoms with Crippen molar-refractivity contribution in [2.75, 3.05) is 11.5 Å².